The van der Waals surface area contributed by atoms with Crippen molar-refractivity contribution in [3.63, 3.8) is 0 Å². The van der Waals surface area contributed by atoms with Crippen LogP contribution in [0.2, 0.25) is 10.0 Å². The number of rotatable bonds is 10. The van der Waals surface area contributed by atoms with Crippen molar-refractivity contribution < 1.29 is 14.6 Å². The number of unbranched alkanes of at least 4 members (excludes halogenated alkanes) is 1. The first-order valence-corrected chi connectivity index (χ1v) is 9.85. The van der Waals surface area contributed by atoms with Gasteiger partial charge in [0, 0.05) is 38.8 Å². The monoisotopic (exact) mass is 461 g/mol. The number of hydrogen-bond acceptors (Lipinski definition) is 4. The predicted molar refractivity (Wildman–Crippen MR) is 110 cm³/mol. The molecule has 7 heteroatoms. The van der Waals surface area contributed by atoms with Gasteiger partial charge in [0.15, 0.2) is 11.5 Å². The minimum Gasteiger partial charge on any atom is -0.493 e. The van der Waals surface area contributed by atoms with Gasteiger partial charge in [-0.15, -0.1) is 0 Å². The van der Waals surface area contributed by atoms with Gasteiger partial charge in [0.25, 0.3) is 0 Å². The van der Waals surface area contributed by atoms with E-state index < -0.39 is 0 Å². The molecule has 2 N–H and O–H groups in total. The average molecular weight is 463 g/mol. The number of methoxy groups -OCH3 is 1. The Hall–Kier alpha value is -0.980. The molecule has 2 rings (SSSR count). The van der Waals surface area contributed by atoms with Crippen molar-refractivity contribution in [2.24, 2.45) is 0 Å². The Labute approximate surface area is 172 Å². The zero-order chi connectivity index (χ0) is 18.9. The van der Waals surface area contributed by atoms with Crippen molar-refractivity contribution in [3.05, 3.63) is 56.0 Å². The summed E-state index contributed by atoms with van der Waals surface area (Å²) in [4.78, 5) is 0. The van der Waals surface area contributed by atoms with Crippen LogP contribution in [0.4, 0.5) is 0 Å². The SMILES string of the molecule is COc1ccc(Br)c(CNCCCCO)c1OCc1ccc(Cl)cc1Cl. The number of aliphatic hydroxyl groups excluding tert-OH is 1. The van der Waals surface area contributed by atoms with Crippen molar-refractivity contribution in [1.82, 2.24) is 5.32 Å². The molecule has 2 aromatic rings. The second-order valence-electron chi connectivity index (χ2n) is 5.69. The molecule has 0 spiro atoms. The first kappa shape index (κ1) is 21.3. The van der Waals surface area contributed by atoms with Crippen molar-refractivity contribution in [2.75, 3.05) is 20.3 Å². The van der Waals surface area contributed by atoms with Gasteiger partial charge in [-0.1, -0.05) is 45.2 Å². The Morgan fingerprint density at radius 3 is 2.65 bits per heavy atom. The van der Waals surface area contributed by atoms with Gasteiger partial charge < -0.3 is 19.9 Å². The van der Waals surface area contributed by atoms with E-state index in [0.29, 0.717) is 34.7 Å². The summed E-state index contributed by atoms with van der Waals surface area (Å²) in [5.41, 5.74) is 1.82. The summed E-state index contributed by atoms with van der Waals surface area (Å²) in [7, 11) is 1.61. The molecular formula is C19H22BrCl2NO3. The lowest BCUT2D eigenvalue weighted by molar-refractivity contribution is 0.278. The van der Waals surface area contributed by atoms with Crippen LogP contribution in [-0.2, 0) is 13.2 Å². The molecule has 0 fully saturated rings. The van der Waals surface area contributed by atoms with E-state index in [2.05, 4.69) is 21.2 Å². The van der Waals surface area contributed by atoms with Gasteiger partial charge in [-0.2, -0.15) is 0 Å². The fourth-order valence-corrected chi connectivity index (χ4v) is 3.35. The third-order valence-electron chi connectivity index (χ3n) is 3.84. The molecule has 0 aliphatic heterocycles. The molecule has 0 unspecified atom stereocenters. The first-order chi connectivity index (χ1) is 12.6. The maximum atomic E-state index is 8.87. The minimum atomic E-state index is 0.209. The highest BCUT2D eigenvalue weighted by molar-refractivity contribution is 9.10. The van der Waals surface area contributed by atoms with Crippen molar-refractivity contribution >= 4 is 39.1 Å². The maximum absolute atomic E-state index is 8.87. The van der Waals surface area contributed by atoms with Gasteiger partial charge in [0.1, 0.15) is 6.61 Å². The number of ether oxygens (including phenoxy) is 2. The number of nitrogens with one attached hydrogen (secondary N) is 1. The molecule has 0 saturated carbocycles. The van der Waals surface area contributed by atoms with E-state index in [1.807, 2.05) is 18.2 Å². The van der Waals surface area contributed by atoms with E-state index in [0.717, 1.165) is 35.0 Å². The van der Waals surface area contributed by atoms with Crippen LogP contribution in [0.3, 0.4) is 0 Å². The first-order valence-electron chi connectivity index (χ1n) is 8.30. The molecular weight excluding hydrogens is 441 g/mol. The molecule has 26 heavy (non-hydrogen) atoms. The molecule has 0 heterocycles. The van der Waals surface area contributed by atoms with Crippen LogP contribution in [0.15, 0.2) is 34.8 Å². The molecule has 0 atom stereocenters. The largest absolute Gasteiger partial charge is 0.493 e. The summed E-state index contributed by atoms with van der Waals surface area (Å²) >= 11 is 15.8. The highest BCUT2D eigenvalue weighted by Crippen LogP contribution is 2.37. The summed E-state index contributed by atoms with van der Waals surface area (Å²) in [6.07, 6.45) is 1.69. The molecule has 142 valence electrons. The lowest BCUT2D eigenvalue weighted by atomic mass is 10.1. The Morgan fingerprint density at radius 2 is 1.96 bits per heavy atom. The van der Waals surface area contributed by atoms with Gasteiger partial charge in [-0.3, -0.25) is 0 Å². The quantitative estimate of drug-likeness (QED) is 0.476. The average Bonchev–Trinajstić information content (AvgIpc) is 2.62. The van der Waals surface area contributed by atoms with Gasteiger partial charge >= 0.3 is 0 Å². The fourth-order valence-electron chi connectivity index (χ4n) is 2.43. The van der Waals surface area contributed by atoms with Crippen molar-refractivity contribution in [2.45, 2.75) is 26.0 Å². The smallest absolute Gasteiger partial charge is 0.167 e. The molecule has 4 nitrogen and oxygen atoms in total. The van der Waals surface area contributed by atoms with Gasteiger partial charge in [0.05, 0.1) is 7.11 Å². The van der Waals surface area contributed by atoms with Gasteiger partial charge in [0.2, 0.25) is 0 Å². The molecule has 0 aromatic heterocycles. The van der Waals surface area contributed by atoms with E-state index in [1.165, 1.54) is 0 Å². The van der Waals surface area contributed by atoms with E-state index in [-0.39, 0.29) is 6.61 Å². The van der Waals surface area contributed by atoms with E-state index >= 15 is 0 Å². The fraction of sp³-hybridized carbons (Fsp3) is 0.368. The molecule has 0 aliphatic carbocycles. The highest BCUT2D eigenvalue weighted by atomic mass is 79.9. The van der Waals surface area contributed by atoms with Crippen molar-refractivity contribution in [3.8, 4) is 11.5 Å². The van der Waals surface area contributed by atoms with Crippen LogP contribution >= 0.6 is 39.1 Å². The topological polar surface area (TPSA) is 50.7 Å². The molecule has 0 saturated heterocycles. The number of aliphatic hydroxyl groups is 1. The summed E-state index contributed by atoms with van der Waals surface area (Å²) in [5.74, 6) is 1.33. The van der Waals surface area contributed by atoms with E-state index in [1.54, 1.807) is 19.2 Å². The number of hydrogen-bond donors (Lipinski definition) is 2. The van der Waals surface area contributed by atoms with Crippen LogP contribution in [-0.4, -0.2) is 25.4 Å². The van der Waals surface area contributed by atoms with Crippen LogP contribution in [0.5, 0.6) is 11.5 Å². The summed E-state index contributed by atoms with van der Waals surface area (Å²) in [6, 6.07) is 9.13. The lowest BCUT2D eigenvalue weighted by Crippen LogP contribution is -2.16. The normalized spacial score (nSPS) is 10.8. The van der Waals surface area contributed by atoms with E-state index in [9.17, 15) is 0 Å². The molecule has 2 aromatic carbocycles. The Morgan fingerprint density at radius 1 is 1.15 bits per heavy atom. The summed E-state index contributed by atoms with van der Waals surface area (Å²) in [6.45, 7) is 1.95. The number of halogens is 3. The Bertz CT molecular complexity index is 728. The predicted octanol–water partition coefficient (Wildman–Crippen LogP) is 5.21. The van der Waals surface area contributed by atoms with Gasteiger partial charge in [-0.25, -0.2) is 0 Å². The zero-order valence-corrected chi connectivity index (χ0v) is 17.6. The zero-order valence-electron chi connectivity index (χ0n) is 14.5. The second-order valence-corrected chi connectivity index (χ2v) is 7.39. The third-order valence-corrected chi connectivity index (χ3v) is 5.17. The standard InChI is InChI=1S/C19H22BrCl2NO3/c1-25-18-7-6-16(20)15(11-23-8-2-3-9-24)19(18)26-12-13-4-5-14(21)10-17(13)22/h4-7,10,23-24H,2-3,8-9,11-12H2,1H3. The van der Waals surface area contributed by atoms with Crippen LogP contribution < -0.4 is 14.8 Å². The number of benzene rings is 2. The van der Waals surface area contributed by atoms with Crippen LogP contribution in [0.25, 0.3) is 0 Å². The third kappa shape index (κ3) is 6.03. The van der Waals surface area contributed by atoms with Crippen LogP contribution in [0.1, 0.15) is 24.0 Å². The second kappa shape index (κ2) is 11.0. The summed E-state index contributed by atoms with van der Waals surface area (Å²) < 4.78 is 12.5. The van der Waals surface area contributed by atoms with Crippen molar-refractivity contribution in [1.29, 1.82) is 0 Å². The Kier molecular flexibility index (Phi) is 9.02. The highest BCUT2D eigenvalue weighted by Gasteiger charge is 2.15. The van der Waals surface area contributed by atoms with Crippen LogP contribution in [0, 0.1) is 0 Å². The maximum Gasteiger partial charge on any atom is 0.167 e. The minimum absolute atomic E-state index is 0.209. The molecule has 0 bridgehead atoms. The van der Waals surface area contributed by atoms with E-state index in [4.69, 9.17) is 37.8 Å². The lowest BCUT2D eigenvalue weighted by Gasteiger charge is -2.17. The molecule has 0 amide bonds. The van der Waals surface area contributed by atoms with Gasteiger partial charge in [-0.05, 0) is 43.7 Å². The summed E-state index contributed by atoms with van der Waals surface area (Å²) in [5, 5.41) is 13.4. The molecule has 0 aliphatic rings. The molecule has 0 radical (unpaired) electrons. The Balaban J connectivity index is 2.14.